The number of hydrogen-bond donors (Lipinski definition) is 2. The van der Waals surface area contributed by atoms with Gasteiger partial charge in [-0.15, -0.1) is 11.8 Å². The number of para-hydroxylation sites is 1. The van der Waals surface area contributed by atoms with Crippen LogP contribution in [0.1, 0.15) is 25.3 Å². The van der Waals surface area contributed by atoms with Gasteiger partial charge < -0.3 is 24.7 Å². The predicted octanol–water partition coefficient (Wildman–Crippen LogP) is 3.42. The number of aliphatic carboxylic acids is 2. The minimum absolute atomic E-state index is 0.148. The maximum atomic E-state index is 13.5. The minimum atomic E-state index is -1.82. The van der Waals surface area contributed by atoms with Crippen molar-refractivity contribution in [3.63, 3.8) is 0 Å². The number of rotatable bonds is 7. The summed E-state index contributed by atoms with van der Waals surface area (Å²) in [6.45, 7) is 7.92. The highest BCUT2D eigenvalue weighted by Crippen LogP contribution is 2.39. The van der Waals surface area contributed by atoms with Crippen molar-refractivity contribution in [1.29, 1.82) is 0 Å². The fourth-order valence-corrected chi connectivity index (χ4v) is 4.62. The Morgan fingerprint density at radius 3 is 2.21 bits per heavy atom. The zero-order valence-corrected chi connectivity index (χ0v) is 19.9. The summed E-state index contributed by atoms with van der Waals surface area (Å²) < 4.78 is 5.26. The van der Waals surface area contributed by atoms with E-state index in [2.05, 4.69) is 30.9 Å². The van der Waals surface area contributed by atoms with E-state index in [0.29, 0.717) is 6.54 Å². The van der Waals surface area contributed by atoms with Gasteiger partial charge in [-0.2, -0.15) is 0 Å². The van der Waals surface area contributed by atoms with Gasteiger partial charge in [0.2, 0.25) is 5.91 Å². The lowest BCUT2D eigenvalue weighted by atomic mass is 9.99. The predicted molar refractivity (Wildman–Crippen MR) is 128 cm³/mol. The molecule has 0 saturated carbocycles. The molecule has 2 aromatic carbocycles. The second-order valence-electron chi connectivity index (χ2n) is 7.23. The van der Waals surface area contributed by atoms with Crippen molar-refractivity contribution in [2.24, 2.45) is 0 Å². The highest BCUT2D eigenvalue weighted by molar-refractivity contribution is 7.99. The third kappa shape index (κ3) is 7.23. The summed E-state index contributed by atoms with van der Waals surface area (Å²) in [4.78, 5) is 37.2. The van der Waals surface area contributed by atoms with E-state index in [4.69, 9.17) is 24.5 Å². The first-order valence-electron chi connectivity index (χ1n) is 10.7. The van der Waals surface area contributed by atoms with Gasteiger partial charge in [-0.1, -0.05) is 38.1 Å². The second-order valence-corrected chi connectivity index (χ2v) is 8.29. The smallest absolute Gasteiger partial charge is 0.414 e. The normalized spacial score (nSPS) is 15.2. The van der Waals surface area contributed by atoms with Crippen LogP contribution in [0.25, 0.3) is 0 Å². The first-order valence-corrected chi connectivity index (χ1v) is 11.7. The molecule has 2 N–H and O–H groups in total. The van der Waals surface area contributed by atoms with E-state index in [0.717, 1.165) is 42.4 Å². The van der Waals surface area contributed by atoms with Crippen molar-refractivity contribution in [1.82, 2.24) is 4.90 Å². The summed E-state index contributed by atoms with van der Waals surface area (Å²) in [5.74, 6) is -2.04. The molecule has 1 aliphatic rings. The van der Waals surface area contributed by atoms with Crippen LogP contribution in [0.5, 0.6) is 5.75 Å². The second kappa shape index (κ2) is 12.9. The highest BCUT2D eigenvalue weighted by Gasteiger charge is 2.31. The van der Waals surface area contributed by atoms with Gasteiger partial charge >= 0.3 is 11.9 Å². The third-order valence-corrected chi connectivity index (χ3v) is 6.52. The van der Waals surface area contributed by atoms with Crippen LogP contribution >= 0.6 is 11.8 Å². The van der Waals surface area contributed by atoms with Crippen LogP contribution in [0, 0.1) is 0 Å². The Hall–Kier alpha value is -3.04. The van der Waals surface area contributed by atoms with Crippen molar-refractivity contribution in [3.8, 4) is 5.75 Å². The molecule has 0 spiro atoms. The first kappa shape index (κ1) is 26.2. The van der Waals surface area contributed by atoms with Crippen LogP contribution in [0.3, 0.4) is 0 Å². The molecule has 3 rings (SSSR count). The van der Waals surface area contributed by atoms with E-state index in [1.165, 1.54) is 4.90 Å². The van der Waals surface area contributed by atoms with Crippen LogP contribution in [0.2, 0.25) is 0 Å². The Morgan fingerprint density at radius 1 is 1.06 bits per heavy atom. The average Bonchev–Trinajstić information content (AvgIpc) is 2.96. The Balaban J connectivity index is 0.000000569. The van der Waals surface area contributed by atoms with E-state index in [-0.39, 0.29) is 11.8 Å². The standard InChI is InChI=1S/C22H28N2O2S.C2H2O4/c1-4-23(5-2)14-15-24-20-8-6-7-9-21(20)27-16-19(22(24)25)17-10-12-18(26-3)13-11-17;3-1(4)2(5)6/h6-13,19H,4-5,14-16H2,1-3H3;(H,3,4)(H,5,6). The lowest BCUT2D eigenvalue weighted by molar-refractivity contribution is -0.159. The van der Waals surface area contributed by atoms with Gasteiger partial charge in [0.05, 0.1) is 18.7 Å². The number of carboxylic acids is 2. The molecule has 0 aliphatic carbocycles. The Labute approximate surface area is 198 Å². The molecule has 0 aromatic heterocycles. The van der Waals surface area contributed by atoms with Gasteiger partial charge in [0.1, 0.15) is 5.75 Å². The summed E-state index contributed by atoms with van der Waals surface area (Å²) in [5, 5.41) is 14.8. The zero-order valence-electron chi connectivity index (χ0n) is 19.1. The van der Waals surface area contributed by atoms with Gasteiger partial charge in [-0.3, -0.25) is 4.79 Å². The topological polar surface area (TPSA) is 107 Å². The molecule has 1 atom stereocenters. The Morgan fingerprint density at radius 2 is 1.67 bits per heavy atom. The molecule has 1 heterocycles. The van der Waals surface area contributed by atoms with Crippen LogP contribution in [-0.2, 0) is 14.4 Å². The number of hydrogen-bond acceptors (Lipinski definition) is 6. The van der Waals surface area contributed by atoms with Crippen LogP contribution in [0.4, 0.5) is 5.69 Å². The SMILES string of the molecule is CCN(CC)CCN1C(=O)C(c2ccc(OC)cc2)CSc2ccccc21.O=C(O)C(=O)O. The summed E-state index contributed by atoms with van der Waals surface area (Å²) in [7, 11) is 1.66. The molecule has 0 bridgehead atoms. The molecule has 8 nitrogen and oxygen atoms in total. The molecule has 0 fully saturated rings. The number of carbonyl (C=O) groups is 3. The summed E-state index contributed by atoms with van der Waals surface area (Å²) >= 11 is 1.77. The van der Waals surface area contributed by atoms with E-state index in [9.17, 15) is 4.79 Å². The highest BCUT2D eigenvalue weighted by atomic mass is 32.2. The van der Waals surface area contributed by atoms with E-state index < -0.39 is 11.9 Å². The quantitative estimate of drug-likeness (QED) is 0.588. The molecule has 178 valence electrons. The third-order valence-electron chi connectivity index (χ3n) is 5.36. The number of methoxy groups -OCH3 is 1. The molecule has 9 heteroatoms. The maximum Gasteiger partial charge on any atom is 0.414 e. The largest absolute Gasteiger partial charge is 0.497 e. The van der Waals surface area contributed by atoms with Gasteiger partial charge in [0, 0.05) is 23.7 Å². The molecule has 0 radical (unpaired) electrons. The van der Waals surface area contributed by atoms with Crippen molar-refractivity contribution in [2.75, 3.05) is 43.9 Å². The van der Waals surface area contributed by atoms with Crippen LogP contribution in [-0.4, -0.2) is 72.0 Å². The van der Waals surface area contributed by atoms with Crippen LogP contribution in [0.15, 0.2) is 53.4 Å². The number of fused-ring (bicyclic) bond motifs is 1. The molecule has 1 aliphatic heterocycles. The fourth-order valence-electron chi connectivity index (χ4n) is 3.44. The Kier molecular flexibility index (Phi) is 10.2. The molecule has 2 aromatic rings. The number of nitrogens with zero attached hydrogens (tertiary/aromatic N) is 2. The van der Waals surface area contributed by atoms with Gasteiger partial charge in [0.25, 0.3) is 0 Å². The summed E-state index contributed by atoms with van der Waals surface area (Å²) in [5.41, 5.74) is 2.09. The number of ether oxygens (including phenoxy) is 1. The zero-order chi connectivity index (χ0) is 24.4. The number of thioether (sulfide) groups is 1. The average molecular weight is 475 g/mol. The van der Waals surface area contributed by atoms with Gasteiger partial charge in [0.15, 0.2) is 0 Å². The molecule has 0 saturated heterocycles. The number of amides is 1. The van der Waals surface area contributed by atoms with E-state index in [1.807, 2.05) is 41.3 Å². The molecular weight excluding hydrogens is 444 g/mol. The van der Waals surface area contributed by atoms with Crippen molar-refractivity contribution < 1.29 is 29.3 Å². The first-order chi connectivity index (χ1) is 15.8. The minimum Gasteiger partial charge on any atom is -0.497 e. The van der Waals surface area contributed by atoms with E-state index in [1.54, 1.807) is 18.9 Å². The number of likely N-dealkylation sites (N-methyl/N-ethyl adjacent to an activating group) is 1. The molecule has 1 unspecified atom stereocenters. The van der Waals surface area contributed by atoms with Crippen molar-refractivity contribution >= 4 is 35.3 Å². The lowest BCUT2D eigenvalue weighted by Gasteiger charge is -2.28. The number of benzene rings is 2. The number of carboxylic acid groups (broad SMARTS) is 2. The lowest BCUT2D eigenvalue weighted by Crippen LogP contribution is -2.41. The molecule has 1 amide bonds. The van der Waals surface area contributed by atoms with Crippen LogP contribution < -0.4 is 9.64 Å². The van der Waals surface area contributed by atoms with Gasteiger partial charge in [-0.25, -0.2) is 9.59 Å². The molecule has 33 heavy (non-hydrogen) atoms. The number of anilines is 1. The van der Waals surface area contributed by atoms with Gasteiger partial charge in [-0.05, 0) is 42.9 Å². The summed E-state index contributed by atoms with van der Waals surface area (Å²) in [6, 6.07) is 16.2. The number of carbonyl (C=O) groups excluding carboxylic acids is 1. The van der Waals surface area contributed by atoms with Crippen molar-refractivity contribution in [2.45, 2.75) is 24.7 Å². The van der Waals surface area contributed by atoms with Crippen molar-refractivity contribution in [3.05, 3.63) is 54.1 Å². The van der Waals surface area contributed by atoms with E-state index >= 15 is 0 Å². The monoisotopic (exact) mass is 474 g/mol. The molecular formula is C24H30N2O6S. The Bertz CT molecular complexity index is 934. The maximum absolute atomic E-state index is 13.5. The fraction of sp³-hybridized carbons (Fsp3) is 0.375. The summed E-state index contributed by atoms with van der Waals surface area (Å²) in [6.07, 6.45) is 0.